The van der Waals surface area contributed by atoms with Gasteiger partial charge in [0.1, 0.15) is 16.2 Å². The smallest absolute Gasteiger partial charge is 0.256 e. The summed E-state index contributed by atoms with van der Waals surface area (Å²) in [4.78, 5) is 12.9. The molecule has 2 heterocycles. The summed E-state index contributed by atoms with van der Waals surface area (Å²) >= 11 is 0. The number of methoxy groups -OCH3 is 2. The second-order valence-electron chi connectivity index (χ2n) is 6.88. The van der Waals surface area contributed by atoms with Gasteiger partial charge >= 0.3 is 0 Å². The van der Waals surface area contributed by atoms with Gasteiger partial charge < -0.3 is 20.1 Å². The van der Waals surface area contributed by atoms with Crippen LogP contribution in [0.4, 0.5) is 5.69 Å². The van der Waals surface area contributed by atoms with Gasteiger partial charge in [0.25, 0.3) is 5.91 Å². The van der Waals surface area contributed by atoms with Crippen LogP contribution in [0.25, 0.3) is 0 Å². The SMILES string of the molecule is COc1cc(NC(=O)C2(OC)CCNCC2)ccc1S(=O)(=O)N1CCCC1. The van der Waals surface area contributed by atoms with Crippen molar-refractivity contribution >= 4 is 21.6 Å². The van der Waals surface area contributed by atoms with Crippen LogP contribution in [-0.2, 0) is 19.6 Å². The van der Waals surface area contributed by atoms with Crippen LogP contribution in [0.3, 0.4) is 0 Å². The molecule has 0 aromatic heterocycles. The van der Waals surface area contributed by atoms with Crippen LogP contribution in [0.15, 0.2) is 23.1 Å². The van der Waals surface area contributed by atoms with Gasteiger partial charge in [-0.15, -0.1) is 0 Å². The predicted octanol–water partition coefficient (Wildman–Crippen LogP) is 1.19. The number of nitrogens with zero attached hydrogens (tertiary/aromatic N) is 1. The summed E-state index contributed by atoms with van der Waals surface area (Å²) in [6.45, 7) is 2.46. The van der Waals surface area contributed by atoms with Crippen LogP contribution in [0.2, 0.25) is 0 Å². The highest BCUT2D eigenvalue weighted by Crippen LogP contribution is 2.32. The first kappa shape index (κ1) is 20.1. The molecule has 0 aliphatic carbocycles. The van der Waals surface area contributed by atoms with E-state index in [9.17, 15) is 13.2 Å². The Bertz CT molecular complexity index is 784. The number of nitrogens with one attached hydrogen (secondary N) is 2. The van der Waals surface area contributed by atoms with Crippen molar-refractivity contribution in [3.63, 3.8) is 0 Å². The molecular formula is C18H27N3O5S. The van der Waals surface area contributed by atoms with Crippen LogP contribution in [-0.4, -0.2) is 64.6 Å². The Balaban J connectivity index is 1.83. The van der Waals surface area contributed by atoms with Gasteiger partial charge in [0.2, 0.25) is 10.0 Å². The molecule has 3 rings (SSSR count). The summed E-state index contributed by atoms with van der Waals surface area (Å²) in [5, 5.41) is 6.06. The van der Waals surface area contributed by atoms with E-state index in [4.69, 9.17) is 9.47 Å². The lowest BCUT2D eigenvalue weighted by atomic mass is 9.91. The molecule has 0 atom stereocenters. The van der Waals surface area contributed by atoms with E-state index in [-0.39, 0.29) is 16.6 Å². The fourth-order valence-electron chi connectivity index (χ4n) is 3.63. The van der Waals surface area contributed by atoms with Gasteiger partial charge in [-0.2, -0.15) is 4.31 Å². The number of anilines is 1. The normalized spacial score (nSPS) is 20.4. The number of hydrogen-bond donors (Lipinski definition) is 2. The number of carbonyl (C=O) groups is 1. The van der Waals surface area contributed by atoms with Gasteiger partial charge in [-0.3, -0.25) is 4.79 Å². The molecule has 2 fully saturated rings. The molecule has 0 spiro atoms. The van der Waals surface area contributed by atoms with Gasteiger partial charge in [0.15, 0.2) is 0 Å². The van der Waals surface area contributed by atoms with Crippen LogP contribution in [0, 0.1) is 0 Å². The summed E-state index contributed by atoms with van der Waals surface area (Å²) in [6, 6.07) is 4.63. The zero-order chi connectivity index (χ0) is 19.5. The van der Waals surface area contributed by atoms with Crippen molar-refractivity contribution in [3.05, 3.63) is 18.2 Å². The number of amides is 1. The molecular weight excluding hydrogens is 370 g/mol. The number of piperidine rings is 1. The number of sulfonamides is 1. The highest BCUT2D eigenvalue weighted by atomic mass is 32.2. The van der Waals surface area contributed by atoms with Crippen molar-refractivity contribution in [2.45, 2.75) is 36.2 Å². The molecule has 1 aromatic rings. The molecule has 2 aliphatic rings. The van der Waals surface area contributed by atoms with Crippen LogP contribution >= 0.6 is 0 Å². The maximum atomic E-state index is 12.8. The molecule has 2 N–H and O–H groups in total. The molecule has 9 heteroatoms. The summed E-state index contributed by atoms with van der Waals surface area (Å²) in [5.74, 6) is -0.0137. The Morgan fingerprint density at radius 1 is 1.19 bits per heavy atom. The van der Waals surface area contributed by atoms with Gasteiger partial charge in [-0.05, 0) is 50.9 Å². The third-order valence-electron chi connectivity index (χ3n) is 5.32. The predicted molar refractivity (Wildman–Crippen MR) is 101 cm³/mol. The molecule has 0 unspecified atom stereocenters. The third kappa shape index (κ3) is 3.96. The first-order valence-electron chi connectivity index (χ1n) is 9.18. The number of benzene rings is 1. The van der Waals surface area contributed by atoms with E-state index in [1.54, 1.807) is 12.1 Å². The van der Waals surface area contributed by atoms with Crippen LogP contribution in [0.1, 0.15) is 25.7 Å². The number of hydrogen-bond acceptors (Lipinski definition) is 6. The quantitative estimate of drug-likeness (QED) is 0.748. The molecule has 1 amide bonds. The molecule has 0 saturated carbocycles. The summed E-state index contributed by atoms with van der Waals surface area (Å²) in [5.41, 5.74) is -0.397. The first-order valence-corrected chi connectivity index (χ1v) is 10.6. The standard InChI is InChI=1S/C18H27N3O5S/c1-25-15-13-14(20-17(22)18(26-2)7-9-19-10-8-18)5-6-16(15)27(23,24)21-11-3-4-12-21/h5-6,13,19H,3-4,7-12H2,1-2H3,(H,20,22). The lowest BCUT2D eigenvalue weighted by molar-refractivity contribution is -0.140. The van der Waals surface area contributed by atoms with Gasteiger partial charge in [-0.25, -0.2) is 8.42 Å². The molecule has 2 aliphatic heterocycles. The van der Waals surface area contributed by atoms with Crippen molar-refractivity contribution < 1.29 is 22.7 Å². The van der Waals surface area contributed by atoms with Gasteiger partial charge in [0, 0.05) is 32.0 Å². The zero-order valence-electron chi connectivity index (χ0n) is 15.8. The lowest BCUT2D eigenvalue weighted by Gasteiger charge is -2.34. The van der Waals surface area contributed by atoms with Crippen molar-refractivity contribution in [1.82, 2.24) is 9.62 Å². The van der Waals surface area contributed by atoms with E-state index in [2.05, 4.69) is 10.6 Å². The maximum absolute atomic E-state index is 12.8. The molecule has 8 nitrogen and oxygen atoms in total. The number of ether oxygens (including phenoxy) is 2. The van der Waals surface area contributed by atoms with Crippen molar-refractivity contribution in [1.29, 1.82) is 0 Å². The maximum Gasteiger partial charge on any atom is 0.256 e. The van der Waals surface area contributed by atoms with E-state index in [1.807, 2.05) is 0 Å². The van der Waals surface area contributed by atoms with E-state index in [0.717, 1.165) is 12.8 Å². The Hall–Kier alpha value is -1.68. The highest BCUT2D eigenvalue weighted by molar-refractivity contribution is 7.89. The van der Waals surface area contributed by atoms with Crippen molar-refractivity contribution in [2.75, 3.05) is 45.7 Å². The van der Waals surface area contributed by atoms with E-state index >= 15 is 0 Å². The molecule has 1 aromatic carbocycles. The van der Waals surface area contributed by atoms with Crippen LogP contribution < -0.4 is 15.4 Å². The van der Waals surface area contributed by atoms with Gasteiger partial charge in [0.05, 0.1) is 7.11 Å². The molecule has 150 valence electrons. The minimum absolute atomic E-state index is 0.119. The molecule has 0 radical (unpaired) electrons. The Labute approximate surface area is 160 Å². The fraction of sp³-hybridized carbons (Fsp3) is 0.611. The Morgan fingerprint density at radius 2 is 1.85 bits per heavy atom. The topological polar surface area (TPSA) is 97.0 Å². The second kappa shape index (κ2) is 8.14. The Kier molecular flexibility index (Phi) is 6.05. The molecule has 2 saturated heterocycles. The average molecular weight is 397 g/mol. The lowest BCUT2D eigenvalue weighted by Crippen LogP contribution is -2.51. The van der Waals surface area contributed by atoms with E-state index in [0.29, 0.717) is 44.7 Å². The highest BCUT2D eigenvalue weighted by Gasteiger charge is 2.40. The second-order valence-corrected chi connectivity index (χ2v) is 8.79. The van der Waals surface area contributed by atoms with Crippen molar-refractivity contribution in [3.8, 4) is 5.75 Å². The largest absolute Gasteiger partial charge is 0.495 e. The van der Waals surface area contributed by atoms with E-state index in [1.165, 1.54) is 24.6 Å². The van der Waals surface area contributed by atoms with Crippen molar-refractivity contribution in [2.24, 2.45) is 0 Å². The van der Waals surface area contributed by atoms with Crippen LogP contribution in [0.5, 0.6) is 5.75 Å². The molecule has 0 bridgehead atoms. The van der Waals surface area contributed by atoms with E-state index < -0.39 is 15.6 Å². The van der Waals surface area contributed by atoms with Gasteiger partial charge in [-0.1, -0.05) is 0 Å². The zero-order valence-corrected chi connectivity index (χ0v) is 16.6. The number of rotatable bonds is 6. The summed E-state index contributed by atoms with van der Waals surface area (Å²) in [7, 11) is -0.638. The third-order valence-corrected chi connectivity index (χ3v) is 7.26. The average Bonchev–Trinajstić information content (AvgIpc) is 3.24. The monoisotopic (exact) mass is 397 g/mol. The minimum Gasteiger partial charge on any atom is -0.495 e. The molecule has 27 heavy (non-hydrogen) atoms. The minimum atomic E-state index is -3.60. The fourth-order valence-corrected chi connectivity index (χ4v) is 5.28. The summed E-state index contributed by atoms with van der Waals surface area (Å²) < 4.78 is 38.0. The Morgan fingerprint density at radius 3 is 2.44 bits per heavy atom. The first-order chi connectivity index (χ1) is 12.9. The number of carbonyl (C=O) groups excluding carboxylic acids is 1. The summed E-state index contributed by atoms with van der Waals surface area (Å²) in [6.07, 6.45) is 2.88.